The largest absolute Gasteiger partial charge is 0.480 e. The summed E-state index contributed by atoms with van der Waals surface area (Å²) >= 11 is 0. The Hall–Kier alpha value is -1.96. The number of carboxylic acids is 1. The molecule has 0 unspecified atom stereocenters. The molecule has 0 aromatic carbocycles. The second-order valence-electron chi connectivity index (χ2n) is 2.54. The fourth-order valence-electron chi connectivity index (χ4n) is 0.868. The molecule has 1 rings (SSSR count). The third kappa shape index (κ3) is 3.73. The molecular weight excluding hydrogens is 204 g/mol. The molecular formula is C7H10N4O4. The summed E-state index contributed by atoms with van der Waals surface area (Å²) in [6.45, 7) is 0. The average Bonchev–Trinajstić information content (AvgIpc) is 2.69. The Bertz CT molecular complexity index is 324. The van der Waals surface area contributed by atoms with Gasteiger partial charge in [0, 0.05) is 12.6 Å². The van der Waals surface area contributed by atoms with Crippen molar-refractivity contribution in [2.24, 2.45) is 4.99 Å². The monoisotopic (exact) mass is 214 g/mol. The molecule has 0 amide bonds. The lowest BCUT2D eigenvalue weighted by Gasteiger charge is -2.03. The van der Waals surface area contributed by atoms with E-state index < -0.39 is 12.0 Å². The van der Waals surface area contributed by atoms with Crippen molar-refractivity contribution in [2.75, 3.05) is 7.11 Å². The van der Waals surface area contributed by atoms with Crippen LogP contribution in [-0.2, 0) is 21.0 Å². The molecule has 1 atom stereocenters. The Morgan fingerprint density at radius 3 is 3.20 bits per heavy atom. The van der Waals surface area contributed by atoms with Crippen LogP contribution in [0, 0.1) is 0 Å². The lowest BCUT2D eigenvalue weighted by molar-refractivity contribution is -0.188. The molecule has 0 spiro atoms. The zero-order valence-electron chi connectivity index (χ0n) is 7.95. The number of aliphatic carboxylic acids is 1. The number of nitrogens with zero attached hydrogens (tertiary/aromatic N) is 3. The van der Waals surface area contributed by atoms with E-state index in [1.54, 1.807) is 0 Å². The lowest BCUT2D eigenvalue weighted by atomic mass is 10.2. The van der Waals surface area contributed by atoms with E-state index in [-0.39, 0.29) is 6.42 Å². The van der Waals surface area contributed by atoms with Crippen LogP contribution in [0.1, 0.15) is 5.69 Å². The molecule has 82 valence electrons. The van der Waals surface area contributed by atoms with E-state index in [1.807, 2.05) is 0 Å². The van der Waals surface area contributed by atoms with E-state index in [0.717, 1.165) is 6.40 Å². The molecule has 8 heteroatoms. The number of rotatable bonds is 6. The summed E-state index contributed by atoms with van der Waals surface area (Å²) in [4.78, 5) is 23.0. The minimum absolute atomic E-state index is 0.134. The van der Waals surface area contributed by atoms with Gasteiger partial charge in [0.2, 0.25) is 6.40 Å². The quantitative estimate of drug-likeness (QED) is 0.283. The maximum atomic E-state index is 10.8. The van der Waals surface area contributed by atoms with Gasteiger partial charge in [0.15, 0.2) is 6.04 Å². The van der Waals surface area contributed by atoms with Crippen LogP contribution < -0.4 is 0 Å². The van der Waals surface area contributed by atoms with Gasteiger partial charge in [0.05, 0.1) is 12.8 Å². The number of hydrogen-bond acceptors (Lipinski definition) is 6. The minimum atomic E-state index is -1.08. The number of hydrogen-bond donors (Lipinski definition) is 2. The number of aromatic amines is 1. The van der Waals surface area contributed by atoms with Crippen molar-refractivity contribution in [3.8, 4) is 0 Å². The molecule has 0 saturated heterocycles. The standard InChI is InChI=1S/C7H10N4O4/c1-14-15-4-8-6(7(12)13)2-5-3-9-11-10-5/h3-4,6H,2H2,1H3,(H,12,13)(H,9,10,11)/b8-4+/t6-/m0/s1. The second-order valence-corrected chi connectivity index (χ2v) is 2.54. The van der Waals surface area contributed by atoms with Crippen LogP contribution in [-0.4, -0.2) is 46.0 Å². The first kappa shape index (κ1) is 11.1. The summed E-state index contributed by atoms with van der Waals surface area (Å²) in [5.74, 6) is -1.08. The SMILES string of the molecule is COO/C=N/[C@@H](Cc1c[nH]nn1)C(=O)O. The van der Waals surface area contributed by atoms with Gasteiger partial charge < -0.3 is 9.99 Å². The van der Waals surface area contributed by atoms with Gasteiger partial charge in [-0.25, -0.2) is 9.79 Å². The van der Waals surface area contributed by atoms with Crippen LogP contribution in [0.5, 0.6) is 0 Å². The molecule has 0 saturated carbocycles. The second kappa shape index (κ2) is 5.70. The van der Waals surface area contributed by atoms with Gasteiger partial charge >= 0.3 is 5.97 Å². The molecule has 1 aromatic rings. The summed E-state index contributed by atoms with van der Waals surface area (Å²) < 4.78 is 0. The number of aromatic nitrogens is 3. The first-order chi connectivity index (χ1) is 7.24. The van der Waals surface area contributed by atoms with E-state index >= 15 is 0 Å². The van der Waals surface area contributed by atoms with Crippen molar-refractivity contribution in [3.63, 3.8) is 0 Å². The molecule has 0 aliphatic rings. The van der Waals surface area contributed by atoms with Gasteiger partial charge in [0.1, 0.15) is 0 Å². The van der Waals surface area contributed by atoms with Crippen molar-refractivity contribution < 1.29 is 19.7 Å². The molecule has 2 N–H and O–H groups in total. The molecule has 0 aliphatic heterocycles. The summed E-state index contributed by atoms with van der Waals surface area (Å²) in [5, 5.41) is 18.4. The van der Waals surface area contributed by atoms with Gasteiger partial charge in [-0.2, -0.15) is 4.89 Å². The van der Waals surface area contributed by atoms with E-state index in [9.17, 15) is 4.79 Å². The Morgan fingerprint density at radius 1 is 1.87 bits per heavy atom. The fourth-order valence-corrected chi connectivity index (χ4v) is 0.868. The van der Waals surface area contributed by atoms with Crippen molar-refractivity contribution in [1.82, 2.24) is 15.4 Å². The van der Waals surface area contributed by atoms with Crippen molar-refractivity contribution in [2.45, 2.75) is 12.5 Å². The molecule has 0 radical (unpaired) electrons. The Morgan fingerprint density at radius 2 is 2.67 bits per heavy atom. The van der Waals surface area contributed by atoms with Gasteiger partial charge in [-0.05, 0) is 0 Å². The molecule has 8 nitrogen and oxygen atoms in total. The minimum Gasteiger partial charge on any atom is -0.480 e. The molecule has 0 fully saturated rings. The van der Waals surface area contributed by atoms with Gasteiger partial charge in [-0.15, -0.1) is 5.10 Å². The van der Waals surface area contributed by atoms with E-state index in [1.165, 1.54) is 13.3 Å². The highest BCUT2D eigenvalue weighted by atomic mass is 17.2. The zero-order chi connectivity index (χ0) is 11.1. The predicted octanol–water partition coefficient (Wildman–Crippen LogP) is -0.593. The zero-order valence-corrected chi connectivity index (χ0v) is 7.95. The molecule has 0 bridgehead atoms. The Labute approximate surface area is 84.8 Å². The van der Waals surface area contributed by atoms with Crippen LogP contribution in [0.2, 0.25) is 0 Å². The first-order valence-corrected chi connectivity index (χ1v) is 4.03. The maximum Gasteiger partial charge on any atom is 0.328 e. The highest BCUT2D eigenvalue weighted by molar-refractivity contribution is 5.75. The van der Waals surface area contributed by atoms with Crippen molar-refractivity contribution >= 4 is 12.4 Å². The first-order valence-electron chi connectivity index (χ1n) is 4.03. The summed E-state index contributed by atoms with van der Waals surface area (Å²) in [6, 6.07) is -0.967. The molecule has 1 aromatic heterocycles. The number of aliphatic imine (C=N–C) groups is 1. The topological polar surface area (TPSA) is 110 Å². The maximum absolute atomic E-state index is 10.8. The number of nitrogens with one attached hydrogen (secondary N) is 1. The predicted molar refractivity (Wildman–Crippen MR) is 48.1 cm³/mol. The molecule has 1 heterocycles. The molecule has 15 heavy (non-hydrogen) atoms. The van der Waals surface area contributed by atoms with Gasteiger partial charge in [0.25, 0.3) is 0 Å². The highest BCUT2D eigenvalue weighted by Crippen LogP contribution is 2.01. The summed E-state index contributed by atoms with van der Waals surface area (Å²) in [6.07, 6.45) is 2.57. The van der Waals surface area contributed by atoms with Crippen molar-refractivity contribution in [1.29, 1.82) is 0 Å². The number of H-pyrrole nitrogens is 1. The van der Waals surface area contributed by atoms with Crippen LogP contribution >= 0.6 is 0 Å². The van der Waals surface area contributed by atoms with E-state index in [4.69, 9.17) is 5.11 Å². The smallest absolute Gasteiger partial charge is 0.328 e. The van der Waals surface area contributed by atoms with Crippen LogP contribution in [0.3, 0.4) is 0 Å². The summed E-state index contributed by atoms with van der Waals surface area (Å²) in [5.41, 5.74) is 0.511. The van der Waals surface area contributed by atoms with Gasteiger partial charge in [-0.3, -0.25) is 5.10 Å². The number of carbonyl (C=O) groups is 1. The van der Waals surface area contributed by atoms with Crippen LogP contribution in [0.4, 0.5) is 0 Å². The van der Waals surface area contributed by atoms with E-state index in [0.29, 0.717) is 5.69 Å². The Balaban J connectivity index is 2.55. The van der Waals surface area contributed by atoms with Crippen LogP contribution in [0.25, 0.3) is 0 Å². The molecule has 0 aliphatic carbocycles. The van der Waals surface area contributed by atoms with E-state index in [2.05, 4.69) is 30.2 Å². The average molecular weight is 214 g/mol. The lowest BCUT2D eigenvalue weighted by Crippen LogP contribution is -2.21. The normalized spacial score (nSPS) is 12.9. The third-order valence-electron chi connectivity index (χ3n) is 1.53. The number of carboxylic acid groups (broad SMARTS) is 1. The van der Waals surface area contributed by atoms with Crippen molar-refractivity contribution in [3.05, 3.63) is 11.9 Å². The third-order valence-corrected chi connectivity index (χ3v) is 1.53. The van der Waals surface area contributed by atoms with Crippen LogP contribution in [0.15, 0.2) is 11.2 Å². The fraction of sp³-hybridized carbons (Fsp3) is 0.429. The summed E-state index contributed by atoms with van der Waals surface area (Å²) in [7, 11) is 1.29. The Kier molecular flexibility index (Phi) is 4.23. The highest BCUT2D eigenvalue weighted by Gasteiger charge is 2.17. The van der Waals surface area contributed by atoms with Gasteiger partial charge in [-0.1, -0.05) is 5.21 Å².